The minimum atomic E-state index is -4.60. The van der Waals surface area contributed by atoms with E-state index in [-0.39, 0.29) is 48.0 Å². The number of benzene rings is 2. The number of imide groups is 1. The molecule has 2 aliphatic rings. The van der Waals surface area contributed by atoms with Gasteiger partial charge in [0.15, 0.2) is 0 Å². The lowest BCUT2D eigenvalue weighted by Crippen LogP contribution is -2.57. The van der Waals surface area contributed by atoms with Gasteiger partial charge in [-0.15, -0.1) is 0 Å². The maximum Gasteiger partial charge on any atom is 0.422 e. The summed E-state index contributed by atoms with van der Waals surface area (Å²) in [5.41, 5.74) is -0.944. The minimum Gasteiger partial charge on any atom is -0.464 e. The van der Waals surface area contributed by atoms with Crippen LogP contribution in [0.1, 0.15) is 50.3 Å². The number of carbonyl (C=O) groups excluding carboxylic acids is 2. The molecule has 2 aromatic carbocycles. The second kappa shape index (κ2) is 12.2. The molecule has 0 radical (unpaired) electrons. The first-order chi connectivity index (χ1) is 21.4. The number of carboxylic acid groups (broad SMARTS) is 1. The number of hydrogen-bond acceptors (Lipinski definition) is 7. The minimum absolute atomic E-state index is 0.00324. The zero-order valence-electron chi connectivity index (χ0n) is 24.8. The van der Waals surface area contributed by atoms with Gasteiger partial charge in [0.25, 0.3) is 11.1 Å². The second-order valence-electron chi connectivity index (χ2n) is 11.8. The van der Waals surface area contributed by atoms with Gasteiger partial charge in [-0.3, -0.25) is 19.2 Å². The second-order valence-corrected chi connectivity index (χ2v) is 15.0. The fraction of sp³-hybridized carbons (Fsp3) is 0.379. The molecule has 3 heterocycles. The smallest absolute Gasteiger partial charge is 0.422 e. The van der Waals surface area contributed by atoms with E-state index in [0.717, 1.165) is 27.0 Å². The molecule has 0 unspecified atom stereocenters. The highest BCUT2D eigenvalue weighted by molar-refractivity contribution is 8.18. The van der Waals surface area contributed by atoms with Crippen LogP contribution >= 0.6 is 23.4 Å². The Morgan fingerprint density at radius 1 is 1.13 bits per heavy atom. The third-order valence-electron chi connectivity index (χ3n) is 7.61. The van der Waals surface area contributed by atoms with E-state index >= 15 is 0 Å². The van der Waals surface area contributed by atoms with E-state index in [0.29, 0.717) is 20.8 Å². The number of piperidine rings is 1. The van der Waals surface area contributed by atoms with Gasteiger partial charge in [-0.05, 0) is 86.8 Å². The van der Waals surface area contributed by atoms with Gasteiger partial charge in [-0.1, -0.05) is 23.7 Å². The van der Waals surface area contributed by atoms with Crippen LogP contribution in [0.3, 0.4) is 0 Å². The van der Waals surface area contributed by atoms with Crippen molar-refractivity contribution in [3.05, 3.63) is 69.2 Å². The highest BCUT2D eigenvalue weighted by atomic mass is 35.5. The lowest BCUT2D eigenvalue weighted by molar-refractivity contribution is -0.138. The summed E-state index contributed by atoms with van der Waals surface area (Å²) in [6, 6.07) is 8.01. The van der Waals surface area contributed by atoms with Crippen molar-refractivity contribution in [1.82, 2.24) is 23.3 Å². The van der Waals surface area contributed by atoms with E-state index in [1.165, 1.54) is 49.9 Å². The zero-order valence-corrected chi connectivity index (χ0v) is 27.2. The molecule has 5 rings (SSSR count). The summed E-state index contributed by atoms with van der Waals surface area (Å²) >= 11 is 6.54. The summed E-state index contributed by atoms with van der Waals surface area (Å²) in [5.74, 6) is -0.531. The van der Waals surface area contributed by atoms with Gasteiger partial charge >= 0.3 is 22.5 Å². The molecule has 0 saturated carbocycles. The maximum atomic E-state index is 13.6. The van der Waals surface area contributed by atoms with Crippen LogP contribution in [0.5, 0.6) is 0 Å². The first-order valence-corrected chi connectivity index (χ1v) is 16.6. The average Bonchev–Trinajstić information content (AvgIpc) is 3.46. The van der Waals surface area contributed by atoms with E-state index in [1.807, 2.05) is 0 Å². The topological polar surface area (TPSA) is 133 Å². The summed E-state index contributed by atoms with van der Waals surface area (Å²) in [4.78, 5) is 39.2. The van der Waals surface area contributed by atoms with Crippen molar-refractivity contribution < 1.29 is 41.1 Å². The van der Waals surface area contributed by atoms with Crippen molar-refractivity contribution in [1.29, 1.82) is 0 Å². The van der Waals surface area contributed by atoms with Gasteiger partial charge in [-0.25, -0.2) is 4.79 Å². The Morgan fingerprint density at radius 3 is 2.41 bits per heavy atom. The van der Waals surface area contributed by atoms with Gasteiger partial charge in [0.2, 0.25) is 0 Å². The molecule has 2 fully saturated rings. The van der Waals surface area contributed by atoms with Crippen LogP contribution in [0.2, 0.25) is 5.02 Å². The fourth-order valence-electron chi connectivity index (χ4n) is 5.56. The van der Waals surface area contributed by atoms with Gasteiger partial charge in [0, 0.05) is 29.5 Å². The van der Waals surface area contributed by atoms with Crippen molar-refractivity contribution in [2.24, 2.45) is 0 Å². The van der Waals surface area contributed by atoms with Crippen LogP contribution < -0.4 is 0 Å². The summed E-state index contributed by atoms with van der Waals surface area (Å²) in [6.45, 7) is 4.10. The molecular formula is C29H29ClF3N5O6S2. The molecule has 46 heavy (non-hydrogen) atoms. The zero-order chi connectivity index (χ0) is 33.8. The third-order valence-corrected chi connectivity index (χ3v) is 10.9. The summed E-state index contributed by atoms with van der Waals surface area (Å²) in [7, 11) is -4.35. The Morgan fingerprint density at radius 2 is 1.80 bits per heavy atom. The summed E-state index contributed by atoms with van der Waals surface area (Å²) < 4.78 is 69.8. The van der Waals surface area contributed by atoms with Crippen LogP contribution in [-0.4, -0.2) is 78.7 Å². The van der Waals surface area contributed by atoms with E-state index in [9.17, 15) is 41.1 Å². The normalized spacial score (nSPS) is 18.2. The van der Waals surface area contributed by atoms with Crippen molar-refractivity contribution in [2.75, 3.05) is 13.1 Å². The Labute approximate surface area is 271 Å². The number of nitrogens with zero attached hydrogens (tertiary/aromatic N) is 5. The van der Waals surface area contributed by atoms with E-state index in [4.69, 9.17) is 11.6 Å². The molecule has 17 heteroatoms. The van der Waals surface area contributed by atoms with Gasteiger partial charge in [-0.2, -0.15) is 35.3 Å². The number of thioether (sulfide) groups is 1. The van der Waals surface area contributed by atoms with Crippen molar-refractivity contribution in [2.45, 2.75) is 57.9 Å². The number of rotatable bonds is 6. The van der Waals surface area contributed by atoms with Crippen molar-refractivity contribution in [3.63, 3.8) is 0 Å². The van der Waals surface area contributed by atoms with Crippen molar-refractivity contribution in [3.8, 4) is 0 Å². The number of amides is 3. The van der Waals surface area contributed by atoms with Gasteiger partial charge in [0.1, 0.15) is 0 Å². The van der Waals surface area contributed by atoms with Crippen LogP contribution in [0.15, 0.2) is 47.5 Å². The first kappa shape index (κ1) is 33.8. The molecule has 2 aliphatic heterocycles. The number of alkyl halides is 3. The molecule has 0 aliphatic carbocycles. The molecular weight excluding hydrogens is 671 g/mol. The van der Waals surface area contributed by atoms with Crippen LogP contribution in [0.25, 0.3) is 17.0 Å². The Balaban J connectivity index is 1.30. The molecule has 3 aromatic rings. The SMILES string of the molecule is CC(C)(C)N(C(=O)O)S(=O)(=O)N1CCC(N2C(=O)S/C(=C\c3ccc4c(cnn4Cc4ccc(Cl)cc4C(F)(F)F)c3)C2=O)CC1. The number of halogens is 4. The molecule has 3 amide bonds. The molecule has 0 bridgehead atoms. The predicted octanol–water partition coefficient (Wildman–Crippen LogP) is 6.28. The van der Waals surface area contributed by atoms with Crippen LogP contribution in [0, 0.1) is 0 Å². The first-order valence-electron chi connectivity index (χ1n) is 14.0. The third kappa shape index (κ3) is 6.61. The Kier molecular flexibility index (Phi) is 8.96. The van der Waals surface area contributed by atoms with E-state index in [1.54, 1.807) is 18.2 Å². The van der Waals surface area contributed by atoms with Gasteiger partial charge in [0.05, 0.1) is 34.3 Å². The maximum absolute atomic E-state index is 13.6. The molecule has 246 valence electrons. The summed E-state index contributed by atoms with van der Waals surface area (Å²) in [5, 5.41) is 13.9. The average molecular weight is 700 g/mol. The molecule has 0 atom stereocenters. The highest BCUT2D eigenvalue weighted by Gasteiger charge is 2.45. The van der Waals surface area contributed by atoms with Gasteiger partial charge < -0.3 is 5.11 Å². The Hall–Kier alpha value is -3.60. The van der Waals surface area contributed by atoms with E-state index < -0.39 is 50.8 Å². The number of carbonyl (C=O) groups is 3. The molecule has 1 aromatic heterocycles. The lowest BCUT2D eigenvalue weighted by atomic mass is 10.1. The van der Waals surface area contributed by atoms with Crippen LogP contribution in [0.4, 0.5) is 22.8 Å². The Bertz CT molecular complexity index is 1860. The largest absolute Gasteiger partial charge is 0.464 e. The highest BCUT2D eigenvalue weighted by Crippen LogP contribution is 2.37. The van der Waals surface area contributed by atoms with E-state index in [2.05, 4.69) is 5.10 Å². The van der Waals surface area contributed by atoms with Crippen molar-refractivity contribution >= 4 is 67.8 Å². The number of aromatic nitrogens is 2. The summed E-state index contributed by atoms with van der Waals surface area (Å²) in [6.07, 6.45) is -2.89. The molecule has 11 nitrogen and oxygen atoms in total. The lowest BCUT2D eigenvalue weighted by Gasteiger charge is -2.39. The fourth-order valence-corrected chi connectivity index (χ4v) is 8.42. The predicted molar refractivity (Wildman–Crippen MR) is 166 cm³/mol. The van der Waals surface area contributed by atoms with Crippen LogP contribution in [-0.2, 0) is 27.7 Å². The standard InChI is InChI=1S/C29H29ClF3N5O6S2/c1-28(2,3)38(26(40)41)46(43,44)35-10-8-21(9-11-35)37-25(39)24(45-27(37)42)13-17-4-7-23-19(12-17)15-34-36(23)16-18-5-6-20(30)14-22(18)29(31,32)33/h4-7,12-15,21H,8-11,16H2,1-3H3,(H,40,41)/b24-13-. The molecule has 1 N–H and O–H groups in total. The molecule has 0 spiro atoms. The quantitative estimate of drug-likeness (QED) is 0.297. The number of fused-ring (bicyclic) bond motifs is 1. The monoisotopic (exact) mass is 699 g/mol. The molecule has 2 saturated heterocycles. The number of hydrogen-bond donors (Lipinski definition) is 1.